The zero-order chi connectivity index (χ0) is 15.5. The van der Waals surface area contributed by atoms with E-state index in [4.69, 9.17) is 9.52 Å². The second-order valence-electron chi connectivity index (χ2n) is 4.48. The number of aryl methyl sites for hydroxylation is 1. The van der Waals surface area contributed by atoms with Gasteiger partial charge in [0.2, 0.25) is 10.9 Å². The monoisotopic (exact) mass is 309 g/mol. The third kappa shape index (κ3) is 3.63. The average Bonchev–Trinajstić information content (AvgIpc) is 2.92. The minimum atomic E-state index is -3.93. The maximum Gasteiger partial charge on any atom is 0.371 e. The topological polar surface area (TPSA) is 96.6 Å². The van der Waals surface area contributed by atoms with Crippen LogP contribution in [0, 0.1) is 0 Å². The van der Waals surface area contributed by atoms with Crippen molar-refractivity contribution in [1.29, 1.82) is 0 Å². The molecule has 0 atom stereocenters. The van der Waals surface area contributed by atoms with Crippen LogP contribution in [-0.4, -0.2) is 19.5 Å². The Kier molecular flexibility index (Phi) is 4.32. The van der Waals surface area contributed by atoms with Crippen LogP contribution in [0.4, 0.5) is 5.69 Å². The average molecular weight is 309 g/mol. The normalized spacial score (nSPS) is 11.3. The van der Waals surface area contributed by atoms with Crippen LogP contribution in [0.15, 0.2) is 45.9 Å². The fourth-order valence-corrected chi connectivity index (χ4v) is 2.81. The van der Waals surface area contributed by atoms with Gasteiger partial charge in [0.25, 0.3) is 10.0 Å². The van der Waals surface area contributed by atoms with E-state index in [0.29, 0.717) is 5.69 Å². The first-order chi connectivity index (χ1) is 9.92. The maximum absolute atomic E-state index is 12.1. The Hall–Kier alpha value is -2.28. The Morgan fingerprint density at radius 1 is 1.19 bits per heavy atom. The van der Waals surface area contributed by atoms with Crippen molar-refractivity contribution < 1.29 is 22.7 Å². The molecule has 0 unspecified atom stereocenters. The summed E-state index contributed by atoms with van der Waals surface area (Å²) >= 11 is 0. The molecular formula is C14H15NO5S. The molecule has 1 aromatic carbocycles. The number of hydrogen-bond donors (Lipinski definition) is 2. The number of benzene rings is 1. The molecule has 0 saturated heterocycles. The fourth-order valence-electron chi connectivity index (χ4n) is 1.81. The first-order valence-electron chi connectivity index (χ1n) is 6.37. The lowest BCUT2D eigenvalue weighted by Crippen LogP contribution is -2.12. The lowest BCUT2D eigenvalue weighted by atomic mass is 10.1. The van der Waals surface area contributed by atoms with Gasteiger partial charge in [0.05, 0.1) is 0 Å². The van der Waals surface area contributed by atoms with Crippen molar-refractivity contribution in [2.45, 2.75) is 24.9 Å². The van der Waals surface area contributed by atoms with Gasteiger partial charge in [-0.3, -0.25) is 4.72 Å². The summed E-state index contributed by atoms with van der Waals surface area (Å²) in [6.07, 6.45) is 1.93. The molecule has 0 aliphatic rings. The summed E-state index contributed by atoms with van der Waals surface area (Å²) in [5.74, 6) is -1.74. The first-order valence-corrected chi connectivity index (χ1v) is 7.85. The summed E-state index contributed by atoms with van der Waals surface area (Å²) in [6, 6.07) is 9.20. The molecule has 0 amide bonds. The summed E-state index contributed by atoms with van der Waals surface area (Å²) in [5.41, 5.74) is 1.51. The van der Waals surface area contributed by atoms with Crippen molar-refractivity contribution in [2.24, 2.45) is 0 Å². The van der Waals surface area contributed by atoms with Crippen LogP contribution in [0.2, 0.25) is 0 Å². The maximum atomic E-state index is 12.1. The third-order valence-corrected chi connectivity index (χ3v) is 4.06. The number of anilines is 1. The van der Waals surface area contributed by atoms with Gasteiger partial charge in [-0.05, 0) is 36.2 Å². The predicted octanol–water partition coefficient (Wildman–Crippen LogP) is 2.73. The number of sulfonamides is 1. The molecule has 112 valence electrons. The smallest absolute Gasteiger partial charge is 0.371 e. The molecule has 2 N–H and O–H groups in total. The van der Waals surface area contributed by atoms with Crippen LogP contribution in [0.5, 0.6) is 0 Å². The fraction of sp³-hybridized carbons (Fsp3) is 0.214. The summed E-state index contributed by atoms with van der Waals surface area (Å²) in [5, 5.41) is 8.29. The summed E-state index contributed by atoms with van der Waals surface area (Å²) < 4.78 is 31.2. The van der Waals surface area contributed by atoms with Gasteiger partial charge in [-0.15, -0.1) is 0 Å². The van der Waals surface area contributed by atoms with Crippen molar-refractivity contribution in [3.05, 3.63) is 47.7 Å². The molecule has 1 aromatic heterocycles. The Morgan fingerprint density at radius 3 is 2.38 bits per heavy atom. The summed E-state index contributed by atoms with van der Waals surface area (Å²) in [4.78, 5) is 10.7. The molecule has 21 heavy (non-hydrogen) atoms. The van der Waals surface area contributed by atoms with Crippen molar-refractivity contribution in [1.82, 2.24) is 0 Å². The van der Waals surface area contributed by atoms with Crippen LogP contribution in [0.3, 0.4) is 0 Å². The molecule has 0 aliphatic heterocycles. The highest BCUT2D eigenvalue weighted by Gasteiger charge is 2.21. The number of rotatable bonds is 6. The molecule has 0 spiro atoms. The zero-order valence-electron chi connectivity index (χ0n) is 11.4. The summed E-state index contributed by atoms with van der Waals surface area (Å²) in [6.45, 7) is 2.06. The number of nitrogens with one attached hydrogen (secondary N) is 1. The molecule has 0 radical (unpaired) electrons. The minimum absolute atomic E-state index is 0.392. The third-order valence-electron chi connectivity index (χ3n) is 2.80. The lowest BCUT2D eigenvalue weighted by molar-refractivity contribution is 0.0656. The number of hydrogen-bond acceptors (Lipinski definition) is 4. The molecule has 2 aromatic rings. The minimum Gasteiger partial charge on any atom is -0.475 e. The summed E-state index contributed by atoms with van der Waals surface area (Å²) in [7, 11) is -3.93. The SMILES string of the molecule is CCCc1ccc(NS(=O)(=O)c2ccc(C(=O)O)o2)cc1. The van der Waals surface area contributed by atoms with Crippen LogP contribution >= 0.6 is 0 Å². The first kappa shape index (κ1) is 15.1. The van der Waals surface area contributed by atoms with Gasteiger partial charge in [0.1, 0.15) is 0 Å². The van der Waals surface area contributed by atoms with E-state index in [-0.39, 0.29) is 0 Å². The molecule has 2 rings (SSSR count). The van der Waals surface area contributed by atoms with Gasteiger partial charge in [0.15, 0.2) is 0 Å². The Morgan fingerprint density at radius 2 is 1.86 bits per heavy atom. The second kappa shape index (κ2) is 6.01. The Balaban J connectivity index is 2.18. The van der Waals surface area contributed by atoms with Gasteiger partial charge in [0, 0.05) is 5.69 Å². The number of furan rings is 1. The van der Waals surface area contributed by atoms with Gasteiger partial charge in [-0.25, -0.2) is 4.79 Å². The standard InChI is InChI=1S/C14H15NO5S/c1-2-3-10-4-6-11(7-5-10)15-21(18,19)13-9-8-12(20-13)14(16)17/h4-9,15H,2-3H2,1H3,(H,16,17). The van der Waals surface area contributed by atoms with Gasteiger partial charge < -0.3 is 9.52 Å². The highest BCUT2D eigenvalue weighted by molar-refractivity contribution is 7.92. The van der Waals surface area contributed by atoms with Crippen molar-refractivity contribution in [3.63, 3.8) is 0 Å². The van der Waals surface area contributed by atoms with E-state index in [1.807, 2.05) is 12.1 Å². The number of carbonyl (C=O) groups is 1. The van der Waals surface area contributed by atoms with Gasteiger partial charge >= 0.3 is 5.97 Å². The Labute approximate surface area is 122 Å². The van der Waals surface area contributed by atoms with E-state index in [0.717, 1.165) is 30.5 Å². The van der Waals surface area contributed by atoms with E-state index in [2.05, 4.69) is 11.6 Å². The number of aromatic carboxylic acids is 1. The van der Waals surface area contributed by atoms with Crippen LogP contribution in [0.25, 0.3) is 0 Å². The van der Waals surface area contributed by atoms with Crippen LogP contribution < -0.4 is 4.72 Å². The van der Waals surface area contributed by atoms with E-state index < -0.39 is 26.8 Å². The highest BCUT2D eigenvalue weighted by Crippen LogP contribution is 2.19. The van der Waals surface area contributed by atoms with Crippen molar-refractivity contribution in [3.8, 4) is 0 Å². The van der Waals surface area contributed by atoms with Crippen molar-refractivity contribution >= 4 is 21.7 Å². The second-order valence-corrected chi connectivity index (χ2v) is 6.09. The van der Waals surface area contributed by atoms with Gasteiger partial charge in [-0.2, -0.15) is 8.42 Å². The highest BCUT2D eigenvalue weighted by atomic mass is 32.2. The predicted molar refractivity (Wildman–Crippen MR) is 76.9 cm³/mol. The Bertz CT molecular complexity index is 731. The van der Waals surface area contributed by atoms with E-state index in [1.165, 1.54) is 0 Å². The molecule has 6 nitrogen and oxygen atoms in total. The zero-order valence-corrected chi connectivity index (χ0v) is 12.2. The largest absolute Gasteiger partial charge is 0.475 e. The molecule has 0 saturated carbocycles. The quantitative estimate of drug-likeness (QED) is 0.855. The van der Waals surface area contributed by atoms with Crippen molar-refractivity contribution in [2.75, 3.05) is 4.72 Å². The molecular weight excluding hydrogens is 294 g/mol. The molecule has 0 fully saturated rings. The van der Waals surface area contributed by atoms with Crippen LogP contribution in [0.1, 0.15) is 29.5 Å². The van der Waals surface area contributed by atoms with E-state index >= 15 is 0 Å². The lowest BCUT2D eigenvalue weighted by Gasteiger charge is -2.06. The number of carboxylic acids is 1. The number of carboxylic acid groups (broad SMARTS) is 1. The van der Waals surface area contributed by atoms with E-state index in [9.17, 15) is 13.2 Å². The molecule has 1 heterocycles. The molecule has 7 heteroatoms. The van der Waals surface area contributed by atoms with E-state index in [1.54, 1.807) is 12.1 Å². The molecule has 0 bridgehead atoms. The van der Waals surface area contributed by atoms with Crippen LogP contribution in [-0.2, 0) is 16.4 Å². The van der Waals surface area contributed by atoms with Gasteiger partial charge in [-0.1, -0.05) is 25.5 Å². The molecule has 0 aliphatic carbocycles.